The lowest BCUT2D eigenvalue weighted by atomic mass is 9.71. The number of aliphatic imine (C=N–C) groups is 1. The van der Waals surface area contributed by atoms with E-state index in [-0.39, 0.29) is 33.6 Å². The van der Waals surface area contributed by atoms with E-state index in [1.807, 2.05) is 0 Å². The number of allylic oxidation sites excluding steroid dienone is 4. The molecular weight excluding hydrogens is 811 g/mol. The molecule has 27 heteroatoms. The highest BCUT2D eigenvalue weighted by molar-refractivity contribution is 7.69. The van der Waals surface area contributed by atoms with Gasteiger partial charge in [-0.1, -0.05) is 37.0 Å². The summed E-state index contributed by atoms with van der Waals surface area (Å²) in [7, 11) is -24.0. The maximum absolute atomic E-state index is 12.6. The van der Waals surface area contributed by atoms with E-state index in [2.05, 4.69) is 27.4 Å². The van der Waals surface area contributed by atoms with Gasteiger partial charge in [-0.2, -0.15) is 9.29 Å². The molecule has 0 spiro atoms. The van der Waals surface area contributed by atoms with Gasteiger partial charge in [-0.15, -0.1) is 0 Å². The van der Waals surface area contributed by atoms with E-state index in [1.165, 1.54) is 24.4 Å². The highest BCUT2D eigenvalue weighted by Crippen LogP contribution is 2.70. The highest BCUT2D eigenvalue weighted by Gasteiger charge is 2.44. The number of aromatic nitrogens is 2. The fourth-order valence-electron chi connectivity index (χ4n) is 5.14. The lowest BCUT2D eigenvalue weighted by Crippen LogP contribution is -2.32. The Morgan fingerprint density at radius 2 is 1.73 bits per heavy atom. The normalized spacial score (nSPS) is 26.1. The van der Waals surface area contributed by atoms with Gasteiger partial charge in [0.2, 0.25) is 5.78 Å². The molecule has 0 radical (unpaired) electrons. The van der Waals surface area contributed by atoms with E-state index in [4.69, 9.17) is 38.2 Å². The Kier molecular flexibility index (Phi) is 11.0. The average molecular weight is 836 g/mol. The number of carbonyl (C=O) groups excluding carboxylic acids is 1. The minimum atomic E-state index is -6.38. The topological polar surface area (TPSA) is 318 Å². The molecule has 0 saturated carbocycles. The number of nitrogens with two attached hydrogens (primary N) is 1. The molecule has 1 aliphatic carbocycles. The second-order valence-corrected chi connectivity index (χ2v) is 18.2. The predicted octanol–water partition coefficient (Wildman–Crippen LogP) is 2.95. The number of fused-ring (bicyclic) bond motifs is 2. The number of carbonyl (C=O) groups is 1. The van der Waals surface area contributed by atoms with Crippen molar-refractivity contribution in [3.8, 4) is 5.75 Å². The summed E-state index contributed by atoms with van der Waals surface area (Å²) in [6.45, 7) is 2.28. The smallest absolute Gasteiger partial charge is 0.534 e. The molecule has 278 valence electrons. The van der Waals surface area contributed by atoms with Crippen molar-refractivity contribution >= 4 is 77.5 Å². The van der Waals surface area contributed by atoms with E-state index in [1.54, 1.807) is 13.8 Å². The summed E-state index contributed by atoms with van der Waals surface area (Å²) < 4.78 is 76.9. The Hall–Kier alpha value is -2.38. The molecular formula is C24H25Cl2N4O17P4-. The number of ether oxygens (including phenoxy) is 1. The van der Waals surface area contributed by atoms with E-state index in [9.17, 15) is 52.5 Å². The van der Waals surface area contributed by atoms with Gasteiger partial charge in [0.15, 0.2) is 0 Å². The third kappa shape index (κ3) is 9.05. The van der Waals surface area contributed by atoms with Crippen LogP contribution in [-0.2, 0) is 50.7 Å². The number of phosphoric acid groups is 4. The summed E-state index contributed by atoms with van der Waals surface area (Å²) in [5, 5.41) is 9.84. The molecule has 1 saturated heterocycles. The summed E-state index contributed by atoms with van der Waals surface area (Å²) in [5.41, 5.74) is 4.66. The van der Waals surface area contributed by atoms with Crippen LogP contribution in [0.2, 0.25) is 0 Å². The molecule has 1 aromatic heterocycles. The SMILES string of the molecule is CC1(C)C2=C(Cl)C(=O)C(Cl)=CC2=Nc2ccc(OP(=O)(O)OP(=O)([O-])OP(=O)(O)OP(=O)(O)OC[C@H]3OC(n4ccc(N)nc4=O)CC3O)cc21. The first kappa shape index (κ1) is 39.8. The highest BCUT2D eigenvalue weighted by atomic mass is 35.5. The van der Waals surface area contributed by atoms with Crippen molar-refractivity contribution in [2.45, 2.75) is 44.1 Å². The van der Waals surface area contributed by atoms with Crippen LogP contribution < -0.4 is 20.8 Å². The fourth-order valence-corrected chi connectivity index (χ4v) is 10.7. The minimum Gasteiger partial charge on any atom is -0.755 e. The van der Waals surface area contributed by atoms with Crippen molar-refractivity contribution in [2.24, 2.45) is 4.99 Å². The number of halogens is 2. The summed E-state index contributed by atoms with van der Waals surface area (Å²) in [6, 6.07) is 4.83. The van der Waals surface area contributed by atoms with Gasteiger partial charge in [-0.3, -0.25) is 23.3 Å². The van der Waals surface area contributed by atoms with Crippen LogP contribution in [0.4, 0.5) is 11.5 Å². The van der Waals surface area contributed by atoms with E-state index >= 15 is 0 Å². The first-order valence-corrected chi connectivity index (χ1v) is 20.6. The standard InChI is InChI=1S/C24H26Cl2N4O17P4/c1-24(2)12-7-11(3-4-14(12)28-15-8-13(25)22(32)21(26)20(15)24)44-49(36,37)46-51(40,41)47-50(38,39)45-48(34,35)42-10-17-16(31)9-19(43-17)30-6-5-18(27)29-23(30)33/h3-8,16-17,19,31H,9-10H2,1-2H3,(H,34,35)(H,36,37)(H,38,39)(H,40,41)(H2,27,29,33)/p-1/t16?,17-,19?/m1/s1. The largest absolute Gasteiger partial charge is 0.755 e. The molecule has 5 rings (SSSR count). The van der Waals surface area contributed by atoms with Crippen LogP contribution in [0.5, 0.6) is 5.75 Å². The monoisotopic (exact) mass is 835 g/mol. The van der Waals surface area contributed by atoms with Gasteiger partial charge in [0.25, 0.3) is 7.82 Å². The van der Waals surface area contributed by atoms with Crippen molar-refractivity contribution < 1.29 is 74.5 Å². The van der Waals surface area contributed by atoms with Crippen LogP contribution in [0, 0.1) is 0 Å². The van der Waals surface area contributed by atoms with Crippen LogP contribution in [0.15, 0.2) is 62.0 Å². The van der Waals surface area contributed by atoms with Crippen LogP contribution >= 0.6 is 54.5 Å². The summed E-state index contributed by atoms with van der Waals surface area (Å²) >= 11 is 12.2. The Labute approximate surface area is 296 Å². The van der Waals surface area contributed by atoms with Crippen molar-refractivity contribution in [1.82, 2.24) is 9.55 Å². The third-order valence-electron chi connectivity index (χ3n) is 7.26. The van der Waals surface area contributed by atoms with E-state index in [0.29, 0.717) is 11.3 Å². The Morgan fingerprint density at radius 1 is 1.06 bits per heavy atom. The van der Waals surface area contributed by atoms with E-state index in [0.717, 1.165) is 16.7 Å². The second-order valence-electron chi connectivity index (χ2n) is 11.3. The maximum Gasteiger partial charge on any atom is 0.534 e. The van der Waals surface area contributed by atoms with Crippen molar-refractivity contribution in [2.75, 3.05) is 12.3 Å². The number of aliphatic hydroxyl groups excluding tert-OH is 1. The van der Waals surface area contributed by atoms with Gasteiger partial charge in [-0.05, 0) is 35.9 Å². The molecule has 0 bridgehead atoms. The van der Waals surface area contributed by atoms with Crippen molar-refractivity contribution in [3.63, 3.8) is 0 Å². The van der Waals surface area contributed by atoms with Crippen LogP contribution in [-0.4, -0.2) is 59.6 Å². The number of aliphatic hydroxyl groups is 1. The molecule has 3 heterocycles. The zero-order valence-corrected chi connectivity index (χ0v) is 30.8. The number of benzene rings is 1. The number of rotatable bonds is 12. The summed E-state index contributed by atoms with van der Waals surface area (Å²) in [4.78, 5) is 74.5. The first-order valence-electron chi connectivity index (χ1n) is 13.9. The first-order chi connectivity index (χ1) is 23.4. The quantitative estimate of drug-likeness (QED) is 0.152. The lowest BCUT2D eigenvalue weighted by molar-refractivity contribution is -0.210. The maximum atomic E-state index is 12.6. The Bertz CT molecular complexity index is 2160. The van der Waals surface area contributed by atoms with Gasteiger partial charge in [0.05, 0.1) is 34.2 Å². The molecule has 6 unspecified atom stereocenters. The number of hydrogen-bond donors (Lipinski definition) is 5. The molecule has 1 aromatic carbocycles. The molecule has 2 aromatic rings. The molecule has 2 aliphatic heterocycles. The third-order valence-corrected chi connectivity index (χ3v) is 13.7. The molecule has 6 N–H and O–H groups in total. The minimum absolute atomic E-state index is 0.0906. The van der Waals surface area contributed by atoms with Crippen LogP contribution in [0.1, 0.15) is 32.1 Å². The lowest BCUT2D eigenvalue weighted by Gasteiger charge is -2.36. The van der Waals surface area contributed by atoms with Crippen molar-refractivity contribution in [1.29, 1.82) is 0 Å². The van der Waals surface area contributed by atoms with Gasteiger partial charge >= 0.3 is 29.2 Å². The second kappa shape index (κ2) is 14.1. The molecule has 1 fully saturated rings. The predicted molar refractivity (Wildman–Crippen MR) is 173 cm³/mol. The van der Waals surface area contributed by atoms with Gasteiger partial charge < -0.3 is 34.8 Å². The number of phosphoric ester groups is 2. The Balaban J connectivity index is 1.21. The number of ketones is 1. The molecule has 3 aliphatic rings. The zero-order chi connectivity index (χ0) is 37.9. The number of Topliss-reactive ketones (excluding diaryl/α,β-unsaturated/α-hetero) is 1. The van der Waals surface area contributed by atoms with Gasteiger partial charge in [0, 0.05) is 23.6 Å². The number of nitrogen functional groups attached to an aromatic ring is 1. The number of anilines is 1. The number of nitrogens with zero attached hydrogens (tertiary/aromatic N) is 3. The fraction of sp³-hybridized carbons (Fsp3) is 0.333. The summed E-state index contributed by atoms with van der Waals surface area (Å²) in [5.74, 6) is -1.23. The Morgan fingerprint density at radius 3 is 2.39 bits per heavy atom. The molecule has 21 nitrogen and oxygen atoms in total. The number of hydrogen-bond acceptors (Lipinski definition) is 17. The molecule has 51 heavy (non-hydrogen) atoms. The molecule has 0 amide bonds. The average Bonchev–Trinajstić information content (AvgIpc) is 3.32. The van der Waals surface area contributed by atoms with Crippen LogP contribution in [0.3, 0.4) is 0 Å². The summed E-state index contributed by atoms with van der Waals surface area (Å²) in [6.07, 6.45) is -1.62. The van der Waals surface area contributed by atoms with E-state index < -0.39 is 79.0 Å². The van der Waals surface area contributed by atoms with Crippen LogP contribution in [0.25, 0.3) is 0 Å². The van der Waals surface area contributed by atoms with Crippen molar-refractivity contribution in [3.05, 3.63) is 68.2 Å². The van der Waals surface area contributed by atoms with Gasteiger partial charge in [-0.25, -0.2) is 32.1 Å². The zero-order valence-electron chi connectivity index (χ0n) is 25.7. The van der Waals surface area contributed by atoms with Gasteiger partial charge in [0.1, 0.15) is 23.9 Å². The molecule has 7 atom stereocenters.